The number of benzene rings is 1. The van der Waals surface area contributed by atoms with Crippen molar-refractivity contribution in [3.63, 3.8) is 0 Å². The van der Waals surface area contributed by atoms with Gasteiger partial charge in [-0.25, -0.2) is 0 Å². The van der Waals surface area contributed by atoms with Crippen LogP contribution in [0.2, 0.25) is 0 Å². The summed E-state index contributed by atoms with van der Waals surface area (Å²) < 4.78 is 5.57. The van der Waals surface area contributed by atoms with Gasteiger partial charge in [-0.15, -0.1) is 12.4 Å². The van der Waals surface area contributed by atoms with Gasteiger partial charge < -0.3 is 15.1 Å². The second kappa shape index (κ2) is 8.90. The molecule has 0 saturated heterocycles. The first kappa shape index (κ1) is 18.6. The number of nitrogens with zero attached hydrogens (tertiary/aromatic N) is 1. The Hall–Kier alpha value is -1.78. The van der Waals surface area contributed by atoms with E-state index in [0.717, 1.165) is 25.8 Å². The molecule has 1 saturated carbocycles. The van der Waals surface area contributed by atoms with Crippen LogP contribution >= 0.6 is 12.4 Å². The van der Waals surface area contributed by atoms with Crippen molar-refractivity contribution in [3.05, 3.63) is 59.5 Å². The van der Waals surface area contributed by atoms with Crippen LogP contribution in [0.4, 0.5) is 0 Å². The Balaban J connectivity index is 0.00000208. The van der Waals surface area contributed by atoms with E-state index in [4.69, 9.17) is 10.2 Å². The summed E-state index contributed by atoms with van der Waals surface area (Å²) in [5.74, 6) is 1.06. The molecule has 130 valence electrons. The van der Waals surface area contributed by atoms with Gasteiger partial charge >= 0.3 is 0 Å². The Morgan fingerprint density at radius 2 is 1.83 bits per heavy atom. The lowest BCUT2D eigenvalue weighted by atomic mass is 10.1. The lowest BCUT2D eigenvalue weighted by molar-refractivity contribution is 0.0649. The summed E-state index contributed by atoms with van der Waals surface area (Å²) in [5.41, 5.74) is 6.83. The number of amides is 1. The molecule has 0 unspecified atom stereocenters. The van der Waals surface area contributed by atoms with Gasteiger partial charge in [0.05, 0.1) is 6.54 Å². The molecule has 0 aliphatic heterocycles. The Labute approximate surface area is 149 Å². The first-order valence-corrected chi connectivity index (χ1v) is 8.41. The van der Waals surface area contributed by atoms with Gasteiger partial charge in [0.15, 0.2) is 5.76 Å². The van der Waals surface area contributed by atoms with Crippen LogP contribution in [-0.4, -0.2) is 23.4 Å². The van der Waals surface area contributed by atoms with E-state index in [-0.39, 0.29) is 18.3 Å². The van der Waals surface area contributed by atoms with Crippen LogP contribution in [0.5, 0.6) is 0 Å². The molecule has 24 heavy (non-hydrogen) atoms. The zero-order valence-corrected chi connectivity index (χ0v) is 14.6. The quantitative estimate of drug-likeness (QED) is 0.864. The third kappa shape index (κ3) is 4.40. The molecule has 1 aromatic carbocycles. The van der Waals surface area contributed by atoms with Crippen LogP contribution < -0.4 is 5.73 Å². The molecule has 0 spiro atoms. The molecule has 1 heterocycles. The van der Waals surface area contributed by atoms with E-state index in [1.165, 1.54) is 18.4 Å². The van der Waals surface area contributed by atoms with Crippen molar-refractivity contribution < 1.29 is 9.21 Å². The van der Waals surface area contributed by atoms with Gasteiger partial charge in [0, 0.05) is 12.6 Å². The van der Waals surface area contributed by atoms with E-state index in [1.807, 2.05) is 23.1 Å². The molecule has 1 aliphatic carbocycles. The van der Waals surface area contributed by atoms with Crippen LogP contribution in [0.25, 0.3) is 0 Å². The maximum atomic E-state index is 12.9. The first-order chi connectivity index (χ1) is 11.3. The lowest BCUT2D eigenvalue weighted by Gasteiger charge is -2.28. The summed E-state index contributed by atoms with van der Waals surface area (Å²) in [4.78, 5) is 14.9. The van der Waals surface area contributed by atoms with Gasteiger partial charge in [-0.1, -0.05) is 43.2 Å². The van der Waals surface area contributed by atoms with Crippen molar-refractivity contribution >= 4 is 18.3 Å². The van der Waals surface area contributed by atoms with Crippen molar-refractivity contribution in [2.24, 2.45) is 5.73 Å². The number of carbonyl (C=O) groups is 1. The molecule has 1 aromatic heterocycles. The highest BCUT2D eigenvalue weighted by Gasteiger charge is 2.28. The SMILES string of the molecule is Cl.NCc1ccc(C(=O)N(CCc2ccccc2)C2CCCC2)o1. The van der Waals surface area contributed by atoms with E-state index in [2.05, 4.69) is 12.1 Å². The van der Waals surface area contributed by atoms with Crippen LogP contribution in [0.1, 0.15) is 47.6 Å². The number of halogens is 1. The molecular weight excluding hydrogens is 324 g/mol. The van der Waals surface area contributed by atoms with Gasteiger partial charge in [-0.2, -0.15) is 0 Å². The third-order valence-electron chi connectivity index (χ3n) is 4.58. The summed E-state index contributed by atoms with van der Waals surface area (Å²) in [6.45, 7) is 1.05. The van der Waals surface area contributed by atoms with Gasteiger partial charge in [0.2, 0.25) is 0 Å². The van der Waals surface area contributed by atoms with Crippen LogP contribution in [-0.2, 0) is 13.0 Å². The molecule has 1 aliphatic rings. The predicted molar refractivity (Wildman–Crippen MR) is 97.3 cm³/mol. The molecule has 2 aromatic rings. The van der Waals surface area contributed by atoms with Crippen LogP contribution in [0.3, 0.4) is 0 Å². The fourth-order valence-electron chi connectivity index (χ4n) is 3.30. The fourth-order valence-corrected chi connectivity index (χ4v) is 3.30. The van der Waals surface area contributed by atoms with Gasteiger partial charge in [-0.05, 0) is 37.0 Å². The lowest BCUT2D eigenvalue weighted by Crippen LogP contribution is -2.40. The third-order valence-corrected chi connectivity index (χ3v) is 4.58. The molecule has 1 fully saturated rings. The number of furan rings is 1. The smallest absolute Gasteiger partial charge is 0.289 e. The van der Waals surface area contributed by atoms with Crippen molar-refractivity contribution in [1.82, 2.24) is 4.90 Å². The first-order valence-electron chi connectivity index (χ1n) is 8.41. The molecule has 5 heteroatoms. The summed E-state index contributed by atoms with van der Waals surface area (Å²) in [6.07, 6.45) is 5.45. The molecule has 2 N–H and O–H groups in total. The molecule has 0 radical (unpaired) electrons. The summed E-state index contributed by atoms with van der Waals surface area (Å²) in [6, 6.07) is 14.2. The standard InChI is InChI=1S/C19H24N2O2.ClH/c20-14-17-10-11-18(23-17)19(22)21(16-8-4-5-9-16)13-12-15-6-2-1-3-7-15;/h1-3,6-7,10-11,16H,4-5,8-9,12-14,20H2;1H. The topological polar surface area (TPSA) is 59.5 Å². The van der Waals surface area contributed by atoms with Crippen LogP contribution in [0, 0.1) is 0 Å². The predicted octanol–water partition coefficient (Wildman–Crippen LogP) is 3.79. The van der Waals surface area contributed by atoms with Crippen molar-refractivity contribution in [3.8, 4) is 0 Å². The maximum absolute atomic E-state index is 12.9. The summed E-state index contributed by atoms with van der Waals surface area (Å²) >= 11 is 0. The minimum atomic E-state index is -0.00692. The maximum Gasteiger partial charge on any atom is 0.289 e. The fraction of sp³-hybridized carbons (Fsp3) is 0.421. The second-order valence-electron chi connectivity index (χ2n) is 6.14. The van der Waals surface area contributed by atoms with Crippen LogP contribution in [0.15, 0.2) is 46.9 Å². The largest absolute Gasteiger partial charge is 0.455 e. The Kier molecular flexibility index (Phi) is 6.88. The van der Waals surface area contributed by atoms with E-state index in [9.17, 15) is 4.79 Å². The van der Waals surface area contributed by atoms with Crippen molar-refractivity contribution in [2.45, 2.75) is 44.7 Å². The monoisotopic (exact) mass is 348 g/mol. The van der Waals surface area contributed by atoms with Gasteiger partial charge in [0.1, 0.15) is 5.76 Å². The van der Waals surface area contributed by atoms with E-state index < -0.39 is 0 Å². The average molecular weight is 349 g/mol. The second-order valence-corrected chi connectivity index (χ2v) is 6.14. The Bertz CT molecular complexity index is 636. The minimum Gasteiger partial charge on any atom is -0.455 e. The molecule has 0 atom stereocenters. The Morgan fingerprint density at radius 1 is 1.12 bits per heavy atom. The highest BCUT2D eigenvalue weighted by atomic mass is 35.5. The molecule has 4 nitrogen and oxygen atoms in total. The summed E-state index contributed by atoms with van der Waals surface area (Å²) in [5, 5.41) is 0. The van der Waals surface area contributed by atoms with E-state index >= 15 is 0 Å². The number of hydrogen-bond acceptors (Lipinski definition) is 3. The van der Waals surface area contributed by atoms with Gasteiger partial charge in [0.25, 0.3) is 5.91 Å². The number of hydrogen-bond donors (Lipinski definition) is 1. The van der Waals surface area contributed by atoms with Crippen molar-refractivity contribution in [2.75, 3.05) is 6.54 Å². The number of rotatable bonds is 6. The van der Waals surface area contributed by atoms with E-state index in [0.29, 0.717) is 24.1 Å². The zero-order chi connectivity index (χ0) is 16.1. The van der Waals surface area contributed by atoms with Gasteiger partial charge in [-0.3, -0.25) is 4.79 Å². The highest BCUT2D eigenvalue weighted by molar-refractivity contribution is 5.91. The zero-order valence-electron chi connectivity index (χ0n) is 13.8. The Morgan fingerprint density at radius 3 is 2.46 bits per heavy atom. The molecule has 0 bridgehead atoms. The normalized spacial score (nSPS) is 14.4. The highest BCUT2D eigenvalue weighted by Crippen LogP contribution is 2.25. The molecule has 1 amide bonds. The van der Waals surface area contributed by atoms with Crippen molar-refractivity contribution in [1.29, 1.82) is 0 Å². The summed E-state index contributed by atoms with van der Waals surface area (Å²) in [7, 11) is 0. The minimum absolute atomic E-state index is 0. The molecular formula is C19H25ClN2O2. The number of nitrogens with two attached hydrogens (primary N) is 1. The van der Waals surface area contributed by atoms with E-state index in [1.54, 1.807) is 12.1 Å². The molecule has 3 rings (SSSR count). The number of carbonyl (C=O) groups excluding carboxylic acids is 1. The average Bonchev–Trinajstić information content (AvgIpc) is 3.27.